The number of fused-ring (bicyclic) bond motifs is 2. The minimum Gasteiger partial charge on any atom is -0.436 e. The van der Waals surface area contributed by atoms with E-state index in [9.17, 15) is 14.4 Å². The van der Waals surface area contributed by atoms with E-state index in [1.54, 1.807) is 9.58 Å². The number of aromatic nitrogens is 3. The van der Waals surface area contributed by atoms with Crippen LogP contribution in [0.5, 0.6) is 0 Å². The van der Waals surface area contributed by atoms with Gasteiger partial charge in [-0.15, -0.1) is 0 Å². The summed E-state index contributed by atoms with van der Waals surface area (Å²) in [5.41, 5.74) is 3.77. The maximum absolute atomic E-state index is 14.4. The summed E-state index contributed by atoms with van der Waals surface area (Å²) >= 11 is 0. The lowest BCUT2D eigenvalue weighted by molar-refractivity contribution is 0.0244. The van der Waals surface area contributed by atoms with Crippen LogP contribution in [0.1, 0.15) is 72.3 Å². The summed E-state index contributed by atoms with van der Waals surface area (Å²) in [5, 5.41) is 6.62. The van der Waals surface area contributed by atoms with Gasteiger partial charge in [0.2, 0.25) is 5.78 Å². The van der Waals surface area contributed by atoms with Crippen molar-refractivity contribution in [2.45, 2.75) is 102 Å². The molecule has 1 unspecified atom stereocenters. The number of nitrogens with one attached hydrogen (secondary N) is 1. The zero-order valence-electron chi connectivity index (χ0n) is 32.6. The van der Waals surface area contributed by atoms with Gasteiger partial charge in [-0.3, -0.25) is 14.5 Å². The van der Waals surface area contributed by atoms with Crippen molar-refractivity contribution >= 4 is 41.8 Å². The topological polar surface area (TPSA) is 113 Å². The number of para-hydroxylation sites is 1. The molecular formula is C42H58N6O5Si. The lowest BCUT2D eigenvalue weighted by Gasteiger charge is -2.41. The monoisotopic (exact) mass is 754 g/mol. The number of Topliss-reactive ketones (excluding diaryl/α,β-unsaturated/α-hetero) is 1. The number of piperidine rings is 3. The lowest BCUT2D eigenvalue weighted by atomic mass is 9.89. The molecular weight excluding hydrogens is 697 g/mol. The first-order valence-corrected chi connectivity index (χ1v) is 23.9. The Morgan fingerprint density at radius 3 is 2.41 bits per heavy atom. The molecule has 4 aromatic rings. The number of pyridine rings is 1. The van der Waals surface area contributed by atoms with Crippen LogP contribution in [-0.2, 0) is 16.2 Å². The molecule has 54 heavy (non-hydrogen) atoms. The number of carbonyl (C=O) groups is 2. The molecule has 0 radical (unpaired) electrons. The summed E-state index contributed by atoms with van der Waals surface area (Å²) in [7, 11) is -1.20. The van der Waals surface area contributed by atoms with Gasteiger partial charge in [0, 0.05) is 68.6 Å². The second kappa shape index (κ2) is 16.9. The fourth-order valence-electron chi connectivity index (χ4n) is 8.49. The fraction of sp³-hybridized carbons (Fsp3) is 0.571. The summed E-state index contributed by atoms with van der Waals surface area (Å²) in [6.45, 7) is 15.4. The molecule has 0 saturated carbocycles. The van der Waals surface area contributed by atoms with Crippen LogP contribution in [0.3, 0.4) is 0 Å². The number of aromatic amines is 1. The normalized spacial score (nSPS) is 19.1. The smallest absolute Gasteiger partial charge is 0.410 e. The van der Waals surface area contributed by atoms with E-state index in [2.05, 4.69) is 34.4 Å². The molecule has 290 valence electrons. The van der Waals surface area contributed by atoms with Gasteiger partial charge in [0.25, 0.3) is 5.56 Å². The van der Waals surface area contributed by atoms with Crippen LogP contribution in [0, 0.1) is 6.92 Å². The van der Waals surface area contributed by atoms with Gasteiger partial charge in [0.1, 0.15) is 6.73 Å². The second-order valence-electron chi connectivity index (χ2n) is 17.0. The van der Waals surface area contributed by atoms with Gasteiger partial charge in [0.15, 0.2) is 6.10 Å². The Hall–Kier alpha value is -3.84. The van der Waals surface area contributed by atoms with Gasteiger partial charge in [-0.05, 0) is 119 Å². The number of ketones is 1. The molecule has 3 aliphatic heterocycles. The van der Waals surface area contributed by atoms with E-state index in [1.807, 2.05) is 55.6 Å². The molecule has 11 nitrogen and oxygen atoms in total. The number of hydrogen-bond acceptors (Lipinski definition) is 8. The van der Waals surface area contributed by atoms with Crippen LogP contribution in [0.15, 0.2) is 53.5 Å². The molecule has 7 rings (SSSR count). The number of ether oxygens (including phenoxy) is 2. The van der Waals surface area contributed by atoms with E-state index in [4.69, 9.17) is 14.6 Å². The fourth-order valence-corrected chi connectivity index (χ4v) is 9.24. The van der Waals surface area contributed by atoms with Gasteiger partial charge in [-0.1, -0.05) is 44.3 Å². The van der Waals surface area contributed by atoms with Crippen molar-refractivity contribution < 1.29 is 19.1 Å². The summed E-state index contributed by atoms with van der Waals surface area (Å²) in [6, 6.07) is 15.2. The van der Waals surface area contributed by atoms with Crippen molar-refractivity contribution in [3.63, 3.8) is 0 Å². The molecule has 0 aliphatic carbocycles. The van der Waals surface area contributed by atoms with Crippen molar-refractivity contribution in [2.24, 2.45) is 0 Å². The van der Waals surface area contributed by atoms with E-state index in [1.165, 1.54) is 32.4 Å². The van der Waals surface area contributed by atoms with Crippen molar-refractivity contribution in [1.29, 1.82) is 0 Å². The quantitative estimate of drug-likeness (QED) is 0.0934. The standard InChI is InChI=1S/C42H58N6O5Si/c1-30-24-33(25-34-27-48(44-39(30)34)29-52-22-23-54(2,3)4)40(49)38(28-45-18-14-35(15-19-45)46-16-8-5-9-17-46)53-42(51)47-20-12-31(13-21-47)36-26-32-10-6-7-11-37(32)43-41(36)50/h6-7,10-11,24-27,31,35,38H,5,8-9,12-23,28-29H2,1-4H3,(H,43,50). The largest absolute Gasteiger partial charge is 0.436 e. The molecule has 0 spiro atoms. The summed E-state index contributed by atoms with van der Waals surface area (Å²) in [5.74, 6) is -0.148. The molecule has 12 heteroatoms. The van der Waals surface area contributed by atoms with Crippen molar-refractivity contribution in [3.05, 3.63) is 75.7 Å². The average molecular weight is 755 g/mol. The number of benzene rings is 2. The third-order valence-electron chi connectivity index (χ3n) is 11.7. The summed E-state index contributed by atoms with van der Waals surface area (Å²) < 4.78 is 14.0. The number of H-pyrrole nitrogens is 1. The highest BCUT2D eigenvalue weighted by Gasteiger charge is 2.34. The van der Waals surface area contributed by atoms with Crippen molar-refractivity contribution in [1.82, 2.24) is 29.5 Å². The lowest BCUT2D eigenvalue weighted by Crippen LogP contribution is -2.50. The first-order chi connectivity index (χ1) is 26.0. The van der Waals surface area contributed by atoms with Crippen LogP contribution in [0.2, 0.25) is 25.7 Å². The molecule has 1 atom stereocenters. The third kappa shape index (κ3) is 9.33. The minimum absolute atomic E-state index is 0.0439. The van der Waals surface area contributed by atoms with Gasteiger partial charge >= 0.3 is 6.09 Å². The Bertz CT molecular complexity index is 1980. The average Bonchev–Trinajstić information content (AvgIpc) is 3.60. The number of rotatable bonds is 12. The SMILES string of the molecule is Cc1cc(C(=O)C(CN2CCC(N3CCCCC3)CC2)OC(=O)N2CCC(c3cc4ccccc4[nH]c3=O)CC2)cc2cn(COCC[Si](C)(C)C)nc12. The van der Waals surface area contributed by atoms with Gasteiger partial charge in [-0.2, -0.15) is 5.10 Å². The molecule has 3 saturated heterocycles. The molecule has 0 bridgehead atoms. The Kier molecular flexibility index (Phi) is 12.0. The first kappa shape index (κ1) is 38.4. The Morgan fingerprint density at radius 2 is 1.67 bits per heavy atom. The predicted octanol–water partition coefficient (Wildman–Crippen LogP) is 7.02. The van der Waals surface area contributed by atoms with Crippen molar-refractivity contribution in [3.8, 4) is 0 Å². The van der Waals surface area contributed by atoms with E-state index in [0.29, 0.717) is 57.4 Å². The van der Waals surface area contributed by atoms with Gasteiger partial charge in [-0.25, -0.2) is 9.48 Å². The van der Waals surface area contributed by atoms with Gasteiger partial charge < -0.3 is 24.3 Å². The van der Waals surface area contributed by atoms with E-state index in [0.717, 1.165) is 64.9 Å². The molecule has 3 aliphatic rings. The molecule has 5 heterocycles. The van der Waals surface area contributed by atoms with Crippen molar-refractivity contribution in [2.75, 3.05) is 52.4 Å². The highest BCUT2D eigenvalue weighted by molar-refractivity contribution is 6.76. The molecule has 2 aromatic carbocycles. The van der Waals surface area contributed by atoms with Crippen LogP contribution in [0.4, 0.5) is 4.79 Å². The number of hydrogen-bond donors (Lipinski definition) is 1. The van der Waals surface area contributed by atoms with Gasteiger partial charge in [0.05, 0.1) is 5.52 Å². The zero-order valence-corrected chi connectivity index (χ0v) is 33.6. The van der Waals surface area contributed by atoms with Crippen LogP contribution in [-0.4, -0.2) is 114 Å². The molecule has 3 fully saturated rings. The van der Waals surface area contributed by atoms with Crippen LogP contribution >= 0.6 is 0 Å². The number of nitrogens with zero attached hydrogens (tertiary/aromatic N) is 5. The summed E-state index contributed by atoms with van der Waals surface area (Å²) in [6.07, 6.45) is 7.81. The Morgan fingerprint density at radius 1 is 0.926 bits per heavy atom. The van der Waals surface area contributed by atoms with Crippen LogP contribution < -0.4 is 5.56 Å². The highest BCUT2D eigenvalue weighted by Crippen LogP contribution is 2.29. The third-order valence-corrected chi connectivity index (χ3v) is 13.5. The second-order valence-corrected chi connectivity index (χ2v) is 22.6. The van der Waals surface area contributed by atoms with E-state index in [-0.39, 0.29) is 17.3 Å². The maximum Gasteiger partial charge on any atom is 0.410 e. The number of likely N-dealkylation sites (tertiary alicyclic amines) is 3. The first-order valence-electron chi connectivity index (χ1n) is 20.1. The molecule has 1 amide bonds. The Labute approximate surface area is 320 Å². The van der Waals surface area contributed by atoms with E-state index >= 15 is 0 Å². The number of aryl methyl sites for hydroxylation is 1. The molecule has 1 N–H and O–H groups in total. The molecule has 2 aromatic heterocycles. The zero-order chi connectivity index (χ0) is 37.8. The number of carbonyl (C=O) groups excluding carboxylic acids is 2. The predicted molar refractivity (Wildman–Crippen MR) is 216 cm³/mol. The Balaban J connectivity index is 1.04. The van der Waals surface area contributed by atoms with E-state index < -0.39 is 20.3 Å². The van der Waals surface area contributed by atoms with Crippen LogP contribution in [0.25, 0.3) is 21.8 Å². The number of amides is 1. The maximum atomic E-state index is 14.4. The minimum atomic E-state index is -1.20. The summed E-state index contributed by atoms with van der Waals surface area (Å²) in [4.78, 5) is 50.9. The highest BCUT2D eigenvalue weighted by atomic mass is 28.3.